The summed E-state index contributed by atoms with van der Waals surface area (Å²) in [6, 6.07) is 4.42. The van der Waals surface area contributed by atoms with Crippen LogP contribution < -0.4 is 15.2 Å². The zero-order valence-corrected chi connectivity index (χ0v) is 12.0. The third-order valence-electron chi connectivity index (χ3n) is 2.74. The Balaban J connectivity index is 2.24. The van der Waals surface area contributed by atoms with Crippen LogP contribution in [0.3, 0.4) is 0 Å². The average Bonchev–Trinajstić information content (AvgIpc) is 2.80. The Morgan fingerprint density at radius 3 is 2.75 bits per heavy atom. The van der Waals surface area contributed by atoms with Crippen molar-refractivity contribution in [3.63, 3.8) is 0 Å². The zero-order valence-electron chi connectivity index (χ0n) is 11.2. The smallest absolute Gasteiger partial charge is 0.238 e. The van der Waals surface area contributed by atoms with Gasteiger partial charge in [-0.05, 0) is 18.2 Å². The van der Waals surface area contributed by atoms with E-state index >= 15 is 0 Å². The van der Waals surface area contributed by atoms with Crippen molar-refractivity contribution < 1.29 is 13.2 Å². The topological polar surface area (TPSA) is 99.2 Å². The normalized spacial score (nSPS) is 11.3. The second-order valence-corrected chi connectivity index (χ2v) is 5.84. The molecular formula is C12H16N4O3S. The Kier molecular flexibility index (Phi) is 3.96. The van der Waals surface area contributed by atoms with Gasteiger partial charge >= 0.3 is 0 Å². The third-order valence-corrected chi connectivity index (χ3v) is 3.65. The summed E-state index contributed by atoms with van der Waals surface area (Å²) in [5.41, 5.74) is 1.53. The molecule has 0 atom stereocenters. The van der Waals surface area contributed by atoms with E-state index in [1.165, 1.54) is 19.2 Å². The van der Waals surface area contributed by atoms with E-state index in [1.807, 2.05) is 13.2 Å². The number of rotatable bonds is 5. The number of methoxy groups -OCH3 is 1. The van der Waals surface area contributed by atoms with Gasteiger partial charge in [-0.1, -0.05) is 0 Å². The fourth-order valence-corrected chi connectivity index (χ4v) is 2.30. The van der Waals surface area contributed by atoms with E-state index in [1.54, 1.807) is 16.9 Å². The molecule has 0 bridgehead atoms. The van der Waals surface area contributed by atoms with E-state index in [0.29, 0.717) is 18.0 Å². The molecule has 3 N–H and O–H groups in total. The molecule has 0 amide bonds. The number of nitrogens with one attached hydrogen (secondary N) is 1. The van der Waals surface area contributed by atoms with Crippen molar-refractivity contribution in [2.24, 2.45) is 12.2 Å². The van der Waals surface area contributed by atoms with Crippen molar-refractivity contribution in [1.29, 1.82) is 0 Å². The van der Waals surface area contributed by atoms with E-state index in [-0.39, 0.29) is 4.90 Å². The Morgan fingerprint density at radius 2 is 2.20 bits per heavy atom. The number of nitrogens with two attached hydrogens (primary N) is 1. The molecule has 0 spiro atoms. The van der Waals surface area contributed by atoms with Crippen LogP contribution in [0.15, 0.2) is 35.5 Å². The van der Waals surface area contributed by atoms with Crippen LogP contribution in [0.4, 0.5) is 5.69 Å². The monoisotopic (exact) mass is 296 g/mol. The van der Waals surface area contributed by atoms with Gasteiger partial charge in [-0.15, -0.1) is 0 Å². The molecule has 0 saturated heterocycles. The van der Waals surface area contributed by atoms with E-state index in [4.69, 9.17) is 9.88 Å². The van der Waals surface area contributed by atoms with Crippen LogP contribution in [-0.2, 0) is 23.6 Å². The number of nitrogens with zero attached hydrogens (tertiary/aromatic N) is 2. The molecule has 2 rings (SSSR count). The molecule has 0 radical (unpaired) electrons. The number of ether oxygens (including phenoxy) is 1. The molecule has 1 heterocycles. The van der Waals surface area contributed by atoms with Crippen LogP contribution in [-0.4, -0.2) is 25.3 Å². The van der Waals surface area contributed by atoms with Crippen LogP contribution in [0.25, 0.3) is 0 Å². The van der Waals surface area contributed by atoms with Crippen molar-refractivity contribution >= 4 is 15.7 Å². The number of sulfonamides is 1. The number of aryl methyl sites for hydroxylation is 1. The van der Waals surface area contributed by atoms with Crippen LogP contribution in [0.5, 0.6) is 5.75 Å². The number of aromatic nitrogens is 2. The molecule has 2 aromatic rings. The van der Waals surface area contributed by atoms with Gasteiger partial charge in [0.25, 0.3) is 0 Å². The number of primary sulfonamides is 1. The van der Waals surface area contributed by atoms with E-state index in [9.17, 15) is 8.42 Å². The summed E-state index contributed by atoms with van der Waals surface area (Å²) in [5, 5.41) is 12.3. The van der Waals surface area contributed by atoms with Crippen LogP contribution in [0.2, 0.25) is 0 Å². The van der Waals surface area contributed by atoms with Crippen molar-refractivity contribution in [1.82, 2.24) is 9.78 Å². The predicted octanol–water partition coefficient (Wildman–Crippen LogP) is 0.688. The first-order valence-electron chi connectivity index (χ1n) is 5.82. The van der Waals surface area contributed by atoms with E-state index in [0.717, 1.165) is 5.56 Å². The largest absolute Gasteiger partial charge is 0.495 e. The Morgan fingerprint density at radius 1 is 1.45 bits per heavy atom. The van der Waals surface area contributed by atoms with Crippen molar-refractivity contribution in [3.8, 4) is 5.75 Å². The van der Waals surface area contributed by atoms with Gasteiger partial charge < -0.3 is 10.1 Å². The van der Waals surface area contributed by atoms with E-state index < -0.39 is 10.0 Å². The van der Waals surface area contributed by atoms with Crippen molar-refractivity contribution in [2.75, 3.05) is 12.4 Å². The summed E-state index contributed by atoms with van der Waals surface area (Å²) in [7, 11) is -0.401. The molecule has 0 fully saturated rings. The lowest BCUT2D eigenvalue weighted by atomic mass is 10.2. The van der Waals surface area contributed by atoms with Crippen LogP contribution >= 0.6 is 0 Å². The first-order valence-corrected chi connectivity index (χ1v) is 7.37. The highest BCUT2D eigenvalue weighted by Gasteiger charge is 2.12. The number of anilines is 1. The lowest BCUT2D eigenvalue weighted by Gasteiger charge is -2.11. The summed E-state index contributed by atoms with van der Waals surface area (Å²) in [6.45, 7) is 0.498. The van der Waals surface area contributed by atoms with Crippen molar-refractivity contribution in [3.05, 3.63) is 36.2 Å². The van der Waals surface area contributed by atoms with Gasteiger partial charge in [0, 0.05) is 25.4 Å². The molecule has 20 heavy (non-hydrogen) atoms. The number of benzene rings is 1. The maximum atomic E-state index is 11.4. The average molecular weight is 296 g/mol. The van der Waals surface area contributed by atoms with Gasteiger partial charge in [0.1, 0.15) is 5.75 Å². The highest BCUT2D eigenvalue weighted by molar-refractivity contribution is 7.89. The minimum Gasteiger partial charge on any atom is -0.495 e. The summed E-state index contributed by atoms with van der Waals surface area (Å²) in [5.74, 6) is 0.543. The maximum Gasteiger partial charge on any atom is 0.238 e. The van der Waals surface area contributed by atoms with Crippen LogP contribution in [0.1, 0.15) is 5.56 Å². The first-order chi connectivity index (χ1) is 9.40. The van der Waals surface area contributed by atoms with Gasteiger partial charge in [-0.2, -0.15) is 5.10 Å². The molecule has 0 unspecified atom stereocenters. The fourth-order valence-electron chi connectivity index (χ4n) is 1.76. The molecule has 1 aromatic heterocycles. The molecule has 1 aromatic carbocycles. The minimum atomic E-state index is -3.74. The Bertz CT molecular complexity index is 709. The summed E-state index contributed by atoms with van der Waals surface area (Å²) >= 11 is 0. The SMILES string of the molecule is COc1ccc(S(N)(=O)=O)cc1NCc1cnn(C)c1. The fraction of sp³-hybridized carbons (Fsp3) is 0.250. The highest BCUT2D eigenvalue weighted by atomic mass is 32.2. The molecule has 7 nitrogen and oxygen atoms in total. The van der Waals surface area contributed by atoms with Crippen molar-refractivity contribution in [2.45, 2.75) is 11.4 Å². The van der Waals surface area contributed by atoms with Crippen LogP contribution in [0, 0.1) is 0 Å². The number of hydrogen-bond acceptors (Lipinski definition) is 5. The third kappa shape index (κ3) is 3.28. The molecule has 0 aliphatic rings. The minimum absolute atomic E-state index is 0.0342. The van der Waals surface area contributed by atoms with Gasteiger partial charge in [0.05, 0.1) is 23.9 Å². The molecule has 0 aliphatic heterocycles. The van der Waals surface area contributed by atoms with Gasteiger partial charge in [0.2, 0.25) is 10.0 Å². The lowest BCUT2D eigenvalue weighted by Crippen LogP contribution is -2.12. The summed E-state index contributed by atoms with van der Waals surface area (Å²) in [4.78, 5) is 0.0342. The van der Waals surface area contributed by atoms with Gasteiger partial charge in [-0.25, -0.2) is 13.6 Å². The van der Waals surface area contributed by atoms with Gasteiger partial charge in [-0.3, -0.25) is 4.68 Å². The first kappa shape index (κ1) is 14.4. The predicted molar refractivity (Wildman–Crippen MR) is 74.9 cm³/mol. The molecule has 8 heteroatoms. The lowest BCUT2D eigenvalue weighted by molar-refractivity contribution is 0.416. The quantitative estimate of drug-likeness (QED) is 0.845. The molecular weight excluding hydrogens is 280 g/mol. The Hall–Kier alpha value is -2.06. The molecule has 108 valence electrons. The molecule has 0 saturated carbocycles. The standard InChI is InChI=1S/C12H16N4O3S/c1-16-8-9(7-15-16)6-14-11-5-10(20(13,17)18)3-4-12(11)19-2/h3-5,7-8,14H,6H2,1-2H3,(H2,13,17,18). The summed E-state index contributed by atoms with van der Waals surface area (Å²) in [6.07, 6.45) is 3.59. The van der Waals surface area contributed by atoms with Gasteiger partial charge in [0.15, 0.2) is 0 Å². The highest BCUT2D eigenvalue weighted by Crippen LogP contribution is 2.27. The zero-order chi connectivity index (χ0) is 14.8. The molecule has 0 aliphatic carbocycles. The Labute approximate surface area is 117 Å². The maximum absolute atomic E-state index is 11.4. The number of hydrogen-bond donors (Lipinski definition) is 2. The summed E-state index contributed by atoms with van der Waals surface area (Å²) < 4.78 is 29.6. The second-order valence-electron chi connectivity index (χ2n) is 4.28. The van der Waals surface area contributed by atoms with E-state index in [2.05, 4.69) is 10.4 Å². The second kappa shape index (κ2) is 5.51.